The molecule has 0 bridgehead atoms. The van der Waals surface area contributed by atoms with Gasteiger partial charge in [0, 0.05) is 24.6 Å². The molecule has 0 radical (unpaired) electrons. The first-order chi connectivity index (χ1) is 15.1. The first-order valence-corrected chi connectivity index (χ1v) is 10.5. The molecule has 2 N–H and O–H groups in total. The van der Waals surface area contributed by atoms with E-state index in [1.54, 1.807) is 7.11 Å². The van der Waals surface area contributed by atoms with Crippen molar-refractivity contribution in [1.29, 1.82) is 0 Å². The maximum Gasteiger partial charge on any atom is 0.230 e. The van der Waals surface area contributed by atoms with Gasteiger partial charge in [0.05, 0.1) is 24.4 Å². The Hall–Kier alpha value is -3.61. The highest BCUT2D eigenvalue weighted by molar-refractivity contribution is 5.97. The fourth-order valence-electron chi connectivity index (χ4n) is 3.76. The fraction of sp³-hybridized carbons (Fsp3) is 0.292. The van der Waals surface area contributed by atoms with Crippen molar-refractivity contribution in [1.82, 2.24) is 15.1 Å². The maximum absolute atomic E-state index is 12.6. The number of rotatable bonds is 7. The van der Waals surface area contributed by atoms with E-state index in [4.69, 9.17) is 4.74 Å². The predicted octanol–water partition coefficient (Wildman–Crippen LogP) is 3.58. The summed E-state index contributed by atoms with van der Waals surface area (Å²) in [7, 11) is 1.63. The first kappa shape index (κ1) is 20.7. The van der Waals surface area contributed by atoms with Gasteiger partial charge >= 0.3 is 0 Å². The Morgan fingerprint density at radius 2 is 2.03 bits per heavy atom. The molecule has 0 saturated carbocycles. The third-order valence-corrected chi connectivity index (χ3v) is 5.39. The average Bonchev–Trinajstić information content (AvgIpc) is 3.41. The van der Waals surface area contributed by atoms with E-state index >= 15 is 0 Å². The summed E-state index contributed by atoms with van der Waals surface area (Å²) in [6, 6.07) is 17.8. The highest BCUT2D eigenvalue weighted by Gasteiger charge is 2.28. The number of methoxy groups -OCH3 is 1. The summed E-state index contributed by atoms with van der Waals surface area (Å²) < 4.78 is 7.08. The van der Waals surface area contributed by atoms with E-state index in [0.29, 0.717) is 12.4 Å². The Morgan fingerprint density at radius 1 is 1.23 bits per heavy atom. The van der Waals surface area contributed by atoms with Crippen molar-refractivity contribution in [3.8, 4) is 22.7 Å². The minimum Gasteiger partial charge on any atom is -0.497 e. The van der Waals surface area contributed by atoms with Crippen LogP contribution in [-0.2, 0) is 16.0 Å². The van der Waals surface area contributed by atoms with Gasteiger partial charge in [-0.25, -0.2) is 4.68 Å². The van der Waals surface area contributed by atoms with Gasteiger partial charge in [-0.1, -0.05) is 31.5 Å². The molecule has 3 aromatic rings. The lowest BCUT2D eigenvalue weighted by molar-refractivity contribution is -0.123. The molecule has 2 heterocycles. The second kappa shape index (κ2) is 9.04. The lowest BCUT2D eigenvalue weighted by Gasteiger charge is -2.09. The number of anilines is 1. The number of hydrogen-bond donors (Lipinski definition) is 2. The van der Waals surface area contributed by atoms with E-state index in [1.807, 2.05) is 47.1 Å². The number of ether oxygens (including phenoxy) is 1. The number of nitrogens with one attached hydrogen (secondary N) is 2. The standard InChI is InChI=1S/C24H26N4O3/c1-3-5-16-6-4-7-17(12-16)21-14-22(26-24(30)18-13-23(29)25-15-18)27-28(21)19-8-10-20(31-2)11-9-19/h4,6-12,14,18H,3,5,13,15H2,1-2H3,(H,25,29)(H,26,27,30)/t18-/m0/s1. The van der Waals surface area contributed by atoms with Gasteiger partial charge in [-0.2, -0.15) is 0 Å². The Bertz CT molecular complexity index is 1090. The molecule has 0 aliphatic carbocycles. The van der Waals surface area contributed by atoms with Gasteiger partial charge in [0.2, 0.25) is 11.8 Å². The zero-order valence-electron chi connectivity index (χ0n) is 17.7. The quantitative estimate of drug-likeness (QED) is 0.614. The number of aromatic nitrogens is 2. The molecule has 2 aromatic carbocycles. The highest BCUT2D eigenvalue weighted by atomic mass is 16.5. The van der Waals surface area contributed by atoms with E-state index in [9.17, 15) is 9.59 Å². The number of carbonyl (C=O) groups excluding carboxylic acids is 2. The van der Waals surface area contributed by atoms with Gasteiger partial charge in [-0.05, 0) is 42.3 Å². The molecule has 31 heavy (non-hydrogen) atoms. The summed E-state index contributed by atoms with van der Waals surface area (Å²) in [5.41, 5.74) is 4.00. The first-order valence-electron chi connectivity index (χ1n) is 10.5. The van der Waals surface area contributed by atoms with Crippen LogP contribution in [0.25, 0.3) is 16.9 Å². The lowest BCUT2D eigenvalue weighted by atomic mass is 10.0. The molecular formula is C24H26N4O3. The Kier molecular flexibility index (Phi) is 6.02. The Balaban J connectivity index is 1.70. The van der Waals surface area contributed by atoms with Crippen LogP contribution in [0.5, 0.6) is 5.75 Å². The van der Waals surface area contributed by atoms with E-state index in [0.717, 1.165) is 35.5 Å². The molecule has 0 unspecified atom stereocenters. The molecule has 1 fully saturated rings. The lowest BCUT2D eigenvalue weighted by Crippen LogP contribution is -2.24. The molecule has 2 amide bonds. The predicted molar refractivity (Wildman–Crippen MR) is 119 cm³/mol. The van der Waals surface area contributed by atoms with Crippen LogP contribution in [0.4, 0.5) is 5.82 Å². The molecule has 1 aromatic heterocycles. The van der Waals surface area contributed by atoms with Crippen LogP contribution < -0.4 is 15.4 Å². The summed E-state index contributed by atoms with van der Waals surface area (Å²) in [5.74, 6) is 0.529. The molecule has 7 heteroatoms. The zero-order valence-corrected chi connectivity index (χ0v) is 17.7. The van der Waals surface area contributed by atoms with Crippen LogP contribution in [0.3, 0.4) is 0 Å². The molecule has 1 aliphatic heterocycles. The Labute approximate surface area is 181 Å². The summed E-state index contributed by atoms with van der Waals surface area (Å²) in [4.78, 5) is 24.1. The second-order valence-electron chi connectivity index (χ2n) is 7.67. The number of benzene rings is 2. The van der Waals surface area contributed by atoms with Crippen LogP contribution in [-0.4, -0.2) is 35.2 Å². The van der Waals surface area contributed by atoms with Crippen LogP contribution in [0, 0.1) is 5.92 Å². The SMILES string of the molecule is CCCc1cccc(-c2cc(NC(=O)[C@@H]3CNC(=O)C3)nn2-c2ccc(OC)cc2)c1. The smallest absolute Gasteiger partial charge is 0.230 e. The van der Waals surface area contributed by atoms with Crippen molar-refractivity contribution < 1.29 is 14.3 Å². The summed E-state index contributed by atoms with van der Waals surface area (Å²) >= 11 is 0. The number of nitrogens with zero attached hydrogens (tertiary/aromatic N) is 2. The summed E-state index contributed by atoms with van der Waals surface area (Å²) in [6.07, 6.45) is 2.27. The number of hydrogen-bond acceptors (Lipinski definition) is 4. The third-order valence-electron chi connectivity index (χ3n) is 5.39. The van der Waals surface area contributed by atoms with Crippen LogP contribution in [0.15, 0.2) is 54.6 Å². The van der Waals surface area contributed by atoms with Crippen LogP contribution in [0.2, 0.25) is 0 Å². The number of amides is 2. The van der Waals surface area contributed by atoms with Gasteiger partial charge < -0.3 is 15.4 Å². The fourth-order valence-corrected chi connectivity index (χ4v) is 3.76. The summed E-state index contributed by atoms with van der Waals surface area (Å²) in [6.45, 7) is 2.51. The van der Waals surface area contributed by atoms with Gasteiger partial charge in [0.15, 0.2) is 5.82 Å². The molecule has 1 aliphatic rings. The monoisotopic (exact) mass is 418 g/mol. The maximum atomic E-state index is 12.6. The van der Waals surface area contributed by atoms with E-state index in [2.05, 4.69) is 34.8 Å². The average molecular weight is 418 g/mol. The highest BCUT2D eigenvalue weighted by Crippen LogP contribution is 2.28. The van der Waals surface area contributed by atoms with Gasteiger partial charge in [-0.15, -0.1) is 5.10 Å². The molecule has 4 rings (SSSR count). The molecular weight excluding hydrogens is 392 g/mol. The number of carbonyl (C=O) groups is 2. The van der Waals surface area contributed by atoms with Crippen LogP contribution >= 0.6 is 0 Å². The minimum atomic E-state index is -0.380. The third kappa shape index (κ3) is 4.60. The van der Waals surface area contributed by atoms with E-state index < -0.39 is 0 Å². The molecule has 160 valence electrons. The second-order valence-corrected chi connectivity index (χ2v) is 7.67. The van der Waals surface area contributed by atoms with Crippen molar-refractivity contribution in [3.05, 3.63) is 60.2 Å². The van der Waals surface area contributed by atoms with Crippen molar-refractivity contribution in [2.24, 2.45) is 5.92 Å². The van der Waals surface area contributed by atoms with Crippen LogP contribution in [0.1, 0.15) is 25.3 Å². The largest absolute Gasteiger partial charge is 0.497 e. The minimum absolute atomic E-state index is 0.0997. The Morgan fingerprint density at radius 3 is 2.71 bits per heavy atom. The molecule has 0 spiro atoms. The zero-order chi connectivity index (χ0) is 21.8. The topological polar surface area (TPSA) is 85.3 Å². The van der Waals surface area contributed by atoms with Gasteiger partial charge in [-0.3, -0.25) is 9.59 Å². The summed E-state index contributed by atoms with van der Waals surface area (Å²) in [5, 5.41) is 10.2. The van der Waals surface area contributed by atoms with Gasteiger partial charge in [0.1, 0.15) is 5.75 Å². The van der Waals surface area contributed by atoms with E-state index in [-0.39, 0.29) is 24.2 Å². The van der Waals surface area contributed by atoms with Crippen molar-refractivity contribution >= 4 is 17.6 Å². The molecule has 1 saturated heterocycles. The van der Waals surface area contributed by atoms with Crippen molar-refractivity contribution in [2.75, 3.05) is 19.0 Å². The van der Waals surface area contributed by atoms with Crippen molar-refractivity contribution in [2.45, 2.75) is 26.2 Å². The van der Waals surface area contributed by atoms with E-state index in [1.165, 1.54) is 5.56 Å². The molecule has 7 nitrogen and oxygen atoms in total. The van der Waals surface area contributed by atoms with Crippen molar-refractivity contribution in [3.63, 3.8) is 0 Å². The number of aryl methyl sites for hydroxylation is 1. The normalized spacial score (nSPS) is 15.5. The molecule has 1 atom stereocenters. The van der Waals surface area contributed by atoms with Gasteiger partial charge in [0.25, 0.3) is 0 Å².